The van der Waals surface area contributed by atoms with E-state index in [1.54, 1.807) is 24.5 Å². The van der Waals surface area contributed by atoms with Gasteiger partial charge in [-0.05, 0) is 35.6 Å². The molecule has 164 valence electrons. The number of Topliss-reactive ketones (excluding diaryl/α,β-unsaturated/α-hetero) is 1. The van der Waals surface area contributed by atoms with Crippen molar-refractivity contribution in [1.29, 1.82) is 5.26 Å². The zero-order chi connectivity index (χ0) is 23.3. The molecule has 2 aliphatic rings. The predicted molar refractivity (Wildman–Crippen MR) is 113 cm³/mol. The summed E-state index contributed by atoms with van der Waals surface area (Å²) in [5.41, 5.74) is 6.15. The maximum atomic E-state index is 13.9. The van der Waals surface area contributed by atoms with Crippen molar-refractivity contribution in [3.05, 3.63) is 82.6 Å². The molecule has 2 N–H and O–H groups in total. The summed E-state index contributed by atoms with van der Waals surface area (Å²) in [7, 11) is 0. The number of pyridine rings is 1. The molecular weight excluding hydrogens is 417 g/mol. The average Bonchev–Trinajstić information content (AvgIpc) is 2.72. The fourth-order valence-electron chi connectivity index (χ4n) is 4.57. The summed E-state index contributed by atoms with van der Waals surface area (Å²) in [5, 5.41) is 9.98. The minimum atomic E-state index is -4.64. The van der Waals surface area contributed by atoms with Crippen LogP contribution in [0.3, 0.4) is 0 Å². The highest BCUT2D eigenvalue weighted by Crippen LogP contribution is 2.51. The van der Waals surface area contributed by atoms with Crippen LogP contribution in [-0.4, -0.2) is 10.8 Å². The normalized spacial score (nSPS) is 20.8. The third kappa shape index (κ3) is 3.54. The Bertz CT molecular complexity index is 1190. The van der Waals surface area contributed by atoms with E-state index in [0.29, 0.717) is 23.3 Å². The van der Waals surface area contributed by atoms with Gasteiger partial charge in [-0.2, -0.15) is 18.4 Å². The highest BCUT2D eigenvalue weighted by atomic mass is 19.4. The van der Waals surface area contributed by atoms with Crippen molar-refractivity contribution >= 4 is 11.5 Å². The molecule has 2 heterocycles. The van der Waals surface area contributed by atoms with Crippen LogP contribution in [0.1, 0.15) is 43.7 Å². The predicted octanol–water partition coefficient (Wildman–Crippen LogP) is 5.04. The molecule has 0 amide bonds. The number of hydrogen-bond donors (Lipinski definition) is 1. The number of alkyl halides is 3. The Morgan fingerprint density at radius 2 is 1.91 bits per heavy atom. The summed E-state index contributed by atoms with van der Waals surface area (Å²) in [6.07, 6.45) is -0.976. The monoisotopic (exact) mass is 438 g/mol. The van der Waals surface area contributed by atoms with E-state index in [1.165, 1.54) is 23.1 Å². The molecular formula is C24H21F3N4O. The highest BCUT2D eigenvalue weighted by molar-refractivity contribution is 6.01. The van der Waals surface area contributed by atoms with Gasteiger partial charge in [0.2, 0.25) is 0 Å². The van der Waals surface area contributed by atoms with E-state index in [0.717, 1.165) is 6.07 Å². The Morgan fingerprint density at radius 1 is 1.19 bits per heavy atom. The number of nitrogens with zero attached hydrogens (tertiary/aromatic N) is 3. The fourth-order valence-corrected chi connectivity index (χ4v) is 4.57. The lowest BCUT2D eigenvalue weighted by Gasteiger charge is -2.44. The van der Waals surface area contributed by atoms with Crippen LogP contribution < -0.4 is 10.6 Å². The molecule has 32 heavy (non-hydrogen) atoms. The first kappa shape index (κ1) is 21.6. The van der Waals surface area contributed by atoms with Gasteiger partial charge in [0.25, 0.3) is 0 Å². The molecule has 0 spiro atoms. The van der Waals surface area contributed by atoms with Crippen LogP contribution in [0.2, 0.25) is 0 Å². The SMILES string of the molecule is CC1(C)CC(=O)C2=C(C1)N(c1ccccc1C(F)(F)F)C(N)=C(C#N)C2c1cccnc1. The summed E-state index contributed by atoms with van der Waals surface area (Å²) >= 11 is 0. The minimum absolute atomic E-state index is 0.0294. The highest BCUT2D eigenvalue weighted by Gasteiger charge is 2.46. The van der Waals surface area contributed by atoms with Crippen molar-refractivity contribution in [3.63, 3.8) is 0 Å². The number of benzene rings is 1. The Labute approximate surface area is 183 Å². The molecule has 0 bridgehead atoms. The quantitative estimate of drug-likeness (QED) is 0.710. The first-order valence-corrected chi connectivity index (χ1v) is 10.1. The van der Waals surface area contributed by atoms with E-state index in [4.69, 9.17) is 5.73 Å². The van der Waals surface area contributed by atoms with Crippen molar-refractivity contribution in [3.8, 4) is 6.07 Å². The first-order chi connectivity index (χ1) is 15.0. The number of para-hydroxylation sites is 1. The summed E-state index contributed by atoms with van der Waals surface area (Å²) in [5.74, 6) is -1.09. The molecule has 0 saturated heterocycles. The van der Waals surface area contributed by atoms with E-state index in [1.807, 2.05) is 13.8 Å². The second-order valence-electron chi connectivity index (χ2n) is 8.78. The molecule has 0 fully saturated rings. The number of aromatic nitrogens is 1. The Kier molecular flexibility index (Phi) is 5.08. The van der Waals surface area contributed by atoms with Crippen molar-refractivity contribution in [2.75, 3.05) is 4.90 Å². The van der Waals surface area contributed by atoms with E-state index in [-0.39, 0.29) is 29.3 Å². The number of nitriles is 1. The number of anilines is 1. The van der Waals surface area contributed by atoms with Crippen molar-refractivity contribution in [1.82, 2.24) is 4.98 Å². The molecule has 1 unspecified atom stereocenters. The maximum absolute atomic E-state index is 13.9. The van der Waals surface area contributed by atoms with Gasteiger partial charge in [-0.25, -0.2) is 0 Å². The van der Waals surface area contributed by atoms with E-state index < -0.39 is 23.1 Å². The largest absolute Gasteiger partial charge is 0.418 e. The van der Waals surface area contributed by atoms with Gasteiger partial charge in [0.15, 0.2) is 5.78 Å². The van der Waals surface area contributed by atoms with Crippen molar-refractivity contribution in [2.45, 2.75) is 38.8 Å². The van der Waals surface area contributed by atoms with E-state index in [2.05, 4.69) is 11.1 Å². The van der Waals surface area contributed by atoms with Crippen LogP contribution in [0.25, 0.3) is 0 Å². The third-order valence-corrected chi connectivity index (χ3v) is 5.85. The summed E-state index contributed by atoms with van der Waals surface area (Å²) in [4.78, 5) is 18.7. The number of ketones is 1. The first-order valence-electron chi connectivity index (χ1n) is 10.1. The zero-order valence-electron chi connectivity index (χ0n) is 17.6. The third-order valence-electron chi connectivity index (χ3n) is 5.85. The van der Waals surface area contributed by atoms with Gasteiger partial charge >= 0.3 is 6.18 Å². The van der Waals surface area contributed by atoms with Gasteiger partial charge in [-0.1, -0.05) is 32.0 Å². The topological polar surface area (TPSA) is 83.0 Å². The molecule has 2 aromatic rings. The molecule has 1 aromatic heterocycles. The second kappa shape index (κ2) is 7.52. The Morgan fingerprint density at radius 3 is 2.53 bits per heavy atom. The number of carbonyl (C=O) groups excluding carboxylic acids is 1. The van der Waals surface area contributed by atoms with Gasteiger partial charge in [-0.15, -0.1) is 0 Å². The summed E-state index contributed by atoms with van der Waals surface area (Å²) < 4.78 is 41.6. The van der Waals surface area contributed by atoms with Gasteiger partial charge in [-0.3, -0.25) is 14.7 Å². The average molecular weight is 438 g/mol. The van der Waals surface area contributed by atoms with Crippen molar-refractivity contribution in [2.24, 2.45) is 11.1 Å². The fraction of sp³-hybridized carbons (Fsp3) is 0.292. The van der Waals surface area contributed by atoms with Crippen molar-refractivity contribution < 1.29 is 18.0 Å². The zero-order valence-corrected chi connectivity index (χ0v) is 17.6. The van der Waals surface area contributed by atoms with E-state index >= 15 is 0 Å². The molecule has 0 saturated carbocycles. The molecule has 0 radical (unpaired) electrons. The number of rotatable bonds is 2. The smallest absolute Gasteiger partial charge is 0.384 e. The summed E-state index contributed by atoms with van der Waals surface area (Å²) in [6, 6.07) is 10.5. The van der Waals surface area contributed by atoms with Gasteiger partial charge in [0, 0.05) is 30.1 Å². The molecule has 4 rings (SSSR count). The van der Waals surface area contributed by atoms with Gasteiger partial charge in [0.05, 0.1) is 28.8 Å². The standard InChI is InChI=1S/C24H21F3N4O/c1-23(2)10-18-21(19(32)11-23)20(14-6-5-9-30-13-14)15(12-28)22(29)31(18)17-8-4-3-7-16(17)24(25,26)27/h3-9,13,20H,10-11,29H2,1-2H3. The number of hydrogen-bond acceptors (Lipinski definition) is 5. The second-order valence-corrected chi connectivity index (χ2v) is 8.78. The number of nitrogens with two attached hydrogens (primary N) is 1. The minimum Gasteiger partial charge on any atom is -0.384 e. The van der Waals surface area contributed by atoms with Crippen LogP contribution in [0.5, 0.6) is 0 Å². The molecule has 8 heteroatoms. The lowest BCUT2D eigenvalue weighted by Crippen LogP contribution is -2.42. The lowest BCUT2D eigenvalue weighted by molar-refractivity contribution is -0.137. The Hall–Kier alpha value is -3.60. The molecule has 1 aliphatic carbocycles. The lowest BCUT2D eigenvalue weighted by atomic mass is 9.68. The van der Waals surface area contributed by atoms with Gasteiger partial charge in [0.1, 0.15) is 5.82 Å². The maximum Gasteiger partial charge on any atom is 0.418 e. The molecule has 1 atom stereocenters. The summed E-state index contributed by atoms with van der Waals surface area (Å²) in [6.45, 7) is 3.78. The van der Waals surface area contributed by atoms with Crippen LogP contribution in [0, 0.1) is 16.7 Å². The molecule has 1 aromatic carbocycles. The Balaban J connectivity index is 2.05. The van der Waals surface area contributed by atoms with Gasteiger partial charge < -0.3 is 5.73 Å². The molecule has 1 aliphatic heterocycles. The van der Waals surface area contributed by atoms with E-state index in [9.17, 15) is 23.2 Å². The van der Waals surface area contributed by atoms with Crippen LogP contribution in [0.15, 0.2) is 71.5 Å². The molecule has 5 nitrogen and oxygen atoms in total. The number of halogens is 3. The van der Waals surface area contributed by atoms with Crippen LogP contribution in [-0.2, 0) is 11.0 Å². The number of allylic oxidation sites excluding steroid dienone is 3. The number of carbonyl (C=O) groups is 1. The van der Waals surface area contributed by atoms with Crippen LogP contribution >= 0.6 is 0 Å². The van der Waals surface area contributed by atoms with Crippen LogP contribution in [0.4, 0.5) is 18.9 Å².